The maximum absolute atomic E-state index is 6.09. The zero-order chi connectivity index (χ0) is 10.8. The molecule has 15 heavy (non-hydrogen) atoms. The predicted molar refractivity (Wildman–Crippen MR) is 59.9 cm³/mol. The second-order valence-corrected chi connectivity index (χ2v) is 4.39. The van der Waals surface area contributed by atoms with Crippen LogP contribution < -0.4 is 0 Å². The zero-order valence-corrected chi connectivity index (χ0v) is 9.70. The van der Waals surface area contributed by atoms with Gasteiger partial charge in [-0.1, -0.05) is 29.8 Å². The van der Waals surface area contributed by atoms with E-state index in [1.54, 1.807) is 0 Å². The molecule has 0 spiro atoms. The monoisotopic (exact) mass is 226 g/mol. The Kier molecular flexibility index (Phi) is 3.29. The van der Waals surface area contributed by atoms with Gasteiger partial charge in [0.1, 0.15) is 0 Å². The van der Waals surface area contributed by atoms with Gasteiger partial charge in [0.2, 0.25) is 0 Å². The molecule has 1 aliphatic rings. The van der Waals surface area contributed by atoms with Gasteiger partial charge in [0.15, 0.2) is 6.29 Å². The van der Waals surface area contributed by atoms with Crippen LogP contribution in [0.5, 0.6) is 0 Å². The van der Waals surface area contributed by atoms with Crippen LogP contribution in [0.15, 0.2) is 24.3 Å². The van der Waals surface area contributed by atoms with E-state index in [-0.39, 0.29) is 18.5 Å². The maximum Gasteiger partial charge on any atom is 0.185 e. The molecule has 1 fully saturated rings. The molecule has 2 atom stereocenters. The Morgan fingerprint density at radius 1 is 1.13 bits per heavy atom. The third kappa shape index (κ3) is 2.51. The Labute approximate surface area is 95.1 Å². The van der Waals surface area contributed by atoms with Crippen molar-refractivity contribution < 1.29 is 9.47 Å². The van der Waals surface area contributed by atoms with E-state index in [1.165, 1.54) is 0 Å². The van der Waals surface area contributed by atoms with E-state index < -0.39 is 0 Å². The van der Waals surface area contributed by atoms with Gasteiger partial charge >= 0.3 is 0 Å². The lowest BCUT2D eigenvalue weighted by Crippen LogP contribution is -2.30. The minimum absolute atomic E-state index is 0.218. The van der Waals surface area contributed by atoms with E-state index in [9.17, 15) is 0 Å². The van der Waals surface area contributed by atoms with Gasteiger partial charge in [0.05, 0.1) is 12.2 Å². The summed E-state index contributed by atoms with van der Waals surface area (Å²) >= 11 is 6.09. The molecule has 1 saturated heterocycles. The lowest BCUT2D eigenvalue weighted by Gasteiger charge is -2.33. The Morgan fingerprint density at radius 2 is 1.73 bits per heavy atom. The molecule has 0 radical (unpaired) electrons. The zero-order valence-electron chi connectivity index (χ0n) is 8.94. The van der Waals surface area contributed by atoms with Crippen molar-refractivity contribution in [3.05, 3.63) is 34.9 Å². The van der Waals surface area contributed by atoms with Gasteiger partial charge in [-0.05, 0) is 26.3 Å². The standard InChI is InChI=1S/C12H15ClO2/c1-8-7-9(2)15-12(14-8)10-5-3-4-6-11(10)13/h3-6,8-9,12H,7H2,1-2H3/t8-,9-/m0/s1. The quantitative estimate of drug-likeness (QED) is 0.729. The van der Waals surface area contributed by atoms with E-state index in [2.05, 4.69) is 13.8 Å². The Bertz CT molecular complexity index is 330. The number of hydrogen-bond donors (Lipinski definition) is 0. The Balaban J connectivity index is 2.20. The highest BCUT2D eigenvalue weighted by molar-refractivity contribution is 6.31. The minimum Gasteiger partial charge on any atom is -0.345 e. The van der Waals surface area contributed by atoms with Gasteiger partial charge in [-0.3, -0.25) is 0 Å². The van der Waals surface area contributed by atoms with Crippen LogP contribution in [-0.2, 0) is 9.47 Å². The minimum atomic E-state index is -0.322. The SMILES string of the molecule is C[C@H]1C[C@H](C)OC(c2ccccc2Cl)O1. The molecular formula is C12H15ClO2. The van der Waals surface area contributed by atoms with Crippen molar-refractivity contribution in [2.45, 2.75) is 38.8 Å². The van der Waals surface area contributed by atoms with Crippen LogP contribution in [0.3, 0.4) is 0 Å². The van der Waals surface area contributed by atoms with Gasteiger partial charge in [-0.25, -0.2) is 0 Å². The molecule has 0 aliphatic carbocycles. The lowest BCUT2D eigenvalue weighted by atomic mass is 10.1. The highest BCUT2D eigenvalue weighted by Crippen LogP contribution is 2.33. The van der Waals surface area contributed by atoms with E-state index in [4.69, 9.17) is 21.1 Å². The molecule has 2 nitrogen and oxygen atoms in total. The molecule has 2 rings (SSSR count). The molecule has 1 heterocycles. The third-order valence-corrected chi connectivity index (χ3v) is 2.88. The summed E-state index contributed by atoms with van der Waals surface area (Å²) in [5.41, 5.74) is 0.914. The lowest BCUT2D eigenvalue weighted by molar-refractivity contribution is -0.239. The van der Waals surface area contributed by atoms with Crippen LogP contribution in [-0.4, -0.2) is 12.2 Å². The number of halogens is 1. The van der Waals surface area contributed by atoms with Crippen molar-refractivity contribution in [1.82, 2.24) is 0 Å². The van der Waals surface area contributed by atoms with Crippen molar-refractivity contribution >= 4 is 11.6 Å². The molecule has 0 bridgehead atoms. The van der Waals surface area contributed by atoms with Gasteiger partial charge in [-0.15, -0.1) is 0 Å². The van der Waals surface area contributed by atoms with Crippen LogP contribution in [0.1, 0.15) is 32.1 Å². The maximum atomic E-state index is 6.09. The Morgan fingerprint density at radius 3 is 2.33 bits per heavy atom. The molecule has 0 unspecified atom stereocenters. The van der Waals surface area contributed by atoms with Crippen LogP contribution in [0.2, 0.25) is 5.02 Å². The summed E-state index contributed by atoms with van der Waals surface area (Å²) in [7, 11) is 0. The van der Waals surface area contributed by atoms with E-state index >= 15 is 0 Å². The first kappa shape index (κ1) is 10.9. The summed E-state index contributed by atoms with van der Waals surface area (Å²) in [6.45, 7) is 4.12. The van der Waals surface area contributed by atoms with E-state index in [0.29, 0.717) is 5.02 Å². The van der Waals surface area contributed by atoms with Crippen LogP contribution in [0.25, 0.3) is 0 Å². The fraction of sp³-hybridized carbons (Fsp3) is 0.500. The number of ether oxygens (including phenoxy) is 2. The third-order valence-electron chi connectivity index (χ3n) is 2.53. The fourth-order valence-electron chi connectivity index (χ4n) is 1.85. The summed E-state index contributed by atoms with van der Waals surface area (Å²) in [6, 6.07) is 7.64. The van der Waals surface area contributed by atoms with Crippen molar-refractivity contribution in [3.8, 4) is 0 Å². The van der Waals surface area contributed by atoms with Crippen LogP contribution >= 0.6 is 11.6 Å². The Hall–Kier alpha value is -0.570. The number of rotatable bonds is 1. The molecule has 1 aliphatic heterocycles. The molecule has 82 valence electrons. The van der Waals surface area contributed by atoms with Gasteiger partial charge in [0.25, 0.3) is 0 Å². The largest absolute Gasteiger partial charge is 0.345 e. The summed E-state index contributed by atoms with van der Waals surface area (Å²) in [4.78, 5) is 0. The van der Waals surface area contributed by atoms with Crippen molar-refractivity contribution in [3.63, 3.8) is 0 Å². The molecule has 1 aromatic rings. The molecule has 0 N–H and O–H groups in total. The van der Waals surface area contributed by atoms with Crippen LogP contribution in [0, 0.1) is 0 Å². The fourth-order valence-corrected chi connectivity index (χ4v) is 2.07. The van der Waals surface area contributed by atoms with Crippen LogP contribution in [0.4, 0.5) is 0 Å². The summed E-state index contributed by atoms with van der Waals surface area (Å²) in [5, 5.41) is 0.698. The molecule has 0 aromatic heterocycles. The summed E-state index contributed by atoms with van der Waals surface area (Å²) in [6.07, 6.45) is 1.04. The smallest absolute Gasteiger partial charge is 0.185 e. The van der Waals surface area contributed by atoms with E-state index in [1.807, 2.05) is 24.3 Å². The predicted octanol–water partition coefficient (Wildman–Crippen LogP) is 3.55. The summed E-state index contributed by atoms with van der Waals surface area (Å²) in [5.74, 6) is 0. The van der Waals surface area contributed by atoms with Gasteiger partial charge in [-0.2, -0.15) is 0 Å². The van der Waals surface area contributed by atoms with Crippen molar-refractivity contribution in [2.24, 2.45) is 0 Å². The second-order valence-electron chi connectivity index (χ2n) is 3.98. The summed E-state index contributed by atoms with van der Waals surface area (Å²) < 4.78 is 11.4. The first-order chi connectivity index (χ1) is 7.16. The molecule has 1 aromatic carbocycles. The van der Waals surface area contributed by atoms with Crippen molar-refractivity contribution in [2.75, 3.05) is 0 Å². The van der Waals surface area contributed by atoms with Crippen molar-refractivity contribution in [1.29, 1.82) is 0 Å². The molecule has 3 heteroatoms. The molecule has 0 amide bonds. The molecule has 0 saturated carbocycles. The van der Waals surface area contributed by atoms with Gasteiger partial charge in [0, 0.05) is 10.6 Å². The number of hydrogen-bond acceptors (Lipinski definition) is 2. The second kappa shape index (κ2) is 4.52. The number of benzene rings is 1. The van der Waals surface area contributed by atoms with Gasteiger partial charge < -0.3 is 9.47 Å². The first-order valence-electron chi connectivity index (χ1n) is 5.22. The average Bonchev–Trinajstić information content (AvgIpc) is 2.16. The highest BCUT2D eigenvalue weighted by atomic mass is 35.5. The molecular weight excluding hydrogens is 212 g/mol. The average molecular weight is 227 g/mol. The topological polar surface area (TPSA) is 18.5 Å². The van der Waals surface area contributed by atoms with E-state index in [0.717, 1.165) is 12.0 Å². The highest BCUT2D eigenvalue weighted by Gasteiger charge is 2.27. The first-order valence-corrected chi connectivity index (χ1v) is 5.60. The normalized spacial score (nSPS) is 31.5.